The number of ether oxygens (including phenoxy) is 1. The summed E-state index contributed by atoms with van der Waals surface area (Å²) in [5.74, 6) is -0.0152. The van der Waals surface area contributed by atoms with Crippen molar-refractivity contribution in [3.8, 4) is 5.75 Å². The average molecular weight is 552 g/mol. The van der Waals surface area contributed by atoms with Crippen molar-refractivity contribution in [1.29, 1.82) is 0 Å². The van der Waals surface area contributed by atoms with Gasteiger partial charge >= 0.3 is 0 Å². The summed E-state index contributed by atoms with van der Waals surface area (Å²) < 4.78 is 32.1. The Bertz CT molecular complexity index is 1140. The van der Waals surface area contributed by atoms with Crippen LogP contribution in [0.25, 0.3) is 0 Å². The molecule has 0 spiro atoms. The molecule has 0 aliphatic rings. The van der Waals surface area contributed by atoms with E-state index in [1.54, 1.807) is 49.4 Å². The first-order valence-corrected chi connectivity index (χ1v) is 14.8. The second-order valence-corrected chi connectivity index (χ2v) is 11.2. The van der Waals surface area contributed by atoms with Gasteiger partial charge in [-0.25, -0.2) is 8.42 Å². The van der Waals surface area contributed by atoms with Crippen molar-refractivity contribution in [3.05, 3.63) is 59.1 Å². The zero-order chi connectivity index (χ0) is 27.4. The fourth-order valence-electron chi connectivity index (χ4n) is 3.87. The highest BCUT2D eigenvalue weighted by Gasteiger charge is 2.27. The highest BCUT2D eigenvalue weighted by atomic mass is 35.5. The number of rotatable bonds is 15. The van der Waals surface area contributed by atoms with Crippen molar-refractivity contribution in [2.24, 2.45) is 0 Å². The summed E-state index contributed by atoms with van der Waals surface area (Å²) in [7, 11) is -3.62. The molecule has 1 atom stereocenters. The van der Waals surface area contributed by atoms with Gasteiger partial charge in [-0.2, -0.15) is 0 Å². The fourth-order valence-corrected chi connectivity index (χ4v) is 5.06. The van der Waals surface area contributed by atoms with E-state index in [1.807, 2.05) is 19.9 Å². The Balaban J connectivity index is 2.18. The summed E-state index contributed by atoms with van der Waals surface area (Å²) in [4.78, 5) is 27.7. The van der Waals surface area contributed by atoms with Gasteiger partial charge in [-0.15, -0.1) is 0 Å². The van der Waals surface area contributed by atoms with Crippen LogP contribution in [-0.4, -0.2) is 57.1 Å². The summed E-state index contributed by atoms with van der Waals surface area (Å²) in [5, 5.41) is 3.43. The van der Waals surface area contributed by atoms with E-state index in [1.165, 1.54) is 9.21 Å². The molecule has 0 bridgehead atoms. The van der Waals surface area contributed by atoms with Crippen molar-refractivity contribution < 1.29 is 22.7 Å². The van der Waals surface area contributed by atoms with Gasteiger partial charge in [0.2, 0.25) is 21.8 Å². The predicted octanol–water partition coefficient (Wildman–Crippen LogP) is 4.62. The van der Waals surface area contributed by atoms with Gasteiger partial charge in [-0.1, -0.05) is 49.2 Å². The maximum Gasteiger partial charge on any atom is 0.242 e. The van der Waals surface area contributed by atoms with E-state index in [0.717, 1.165) is 24.7 Å². The molecule has 0 saturated carbocycles. The van der Waals surface area contributed by atoms with Crippen molar-refractivity contribution in [3.63, 3.8) is 0 Å². The number of nitrogens with one attached hydrogen (secondary N) is 1. The first-order chi connectivity index (χ1) is 17.6. The third-order valence-electron chi connectivity index (χ3n) is 5.82. The third kappa shape index (κ3) is 9.55. The van der Waals surface area contributed by atoms with Crippen LogP contribution in [0.4, 0.5) is 5.69 Å². The number of nitrogens with zero attached hydrogens (tertiary/aromatic N) is 2. The molecule has 0 radical (unpaired) electrons. The summed E-state index contributed by atoms with van der Waals surface area (Å²) in [6, 6.07) is 13.4. The minimum Gasteiger partial charge on any atom is -0.492 e. The largest absolute Gasteiger partial charge is 0.492 e. The van der Waals surface area contributed by atoms with E-state index >= 15 is 0 Å². The molecule has 0 aliphatic heterocycles. The van der Waals surface area contributed by atoms with Crippen LogP contribution in [-0.2, 0) is 26.2 Å². The van der Waals surface area contributed by atoms with Crippen LogP contribution >= 0.6 is 11.6 Å². The standard InChI is InChI=1S/C27H38ClN3O5S/c1-5-7-17-29-27(33)21(3)30(20-22-12-10-13-23(28)19-22)26(32)16-11-18-31(37(4,34)35)24-14-8-9-15-25(24)36-6-2/h8-10,12-15,19,21H,5-7,11,16-18,20H2,1-4H3,(H,29,33)/t21-/m0/s1. The normalized spacial score (nSPS) is 12.0. The van der Waals surface area contributed by atoms with Crippen LogP contribution in [0.3, 0.4) is 0 Å². The van der Waals surface area contributed by atoms with Gasteiger partial charge in [-0.3, -0.25) is 13.9 Å². The molecule has 37 heavy (non-hydrogen) atoms. The molecule has 0 aliphatic carbocycles. The molecule has 8 nitrogen and oxygen atoms in total. The first kappa shape index (κ1) is 30.4. The molecule has 0 aromatic heterocycles. The molecule has 2 aromatic rings. The lowest BCUT2D eigenvalue weighted by Crippen LogP contribution is -2.48. The number of hydrogen-bond donors (Lipinski definition) is 1. The van der Waals surface area contributed by atoms with E-state index in [2.05, 4.69) is 5.32 Å². The lowest BCUT2D eigenvalue weighted by atomic mass is 10.1. The number of hydrogen-bond acceptors (Lipinski definition) is 5. The zero-order valence-corrected chi connectivity index (χ0v) is 23.6. The lowest BCUT2D eigenvalue weighted by Gasteiger charge is -2.29. The summed E-state index contributed by atoms with van der Waals surface area (Å²) >= 11 is 6.13. The average Bonchev–Trinajstić information content (AvgIpc) is 2.85. The maximum atomic E-state index is 13.4. The van der Waals surface area contributed by atoms with Crippen LogP contribution in [0.1, 0.15) is 52.0 Å². The number of carbonyl (C=O) groups excluding carboxylic acids is 2. The number of benzene rings is 2. The van der Waals surface area contributed by atoms with Crippen LogP contribution in [0.5, 0.6) is 5.75 Å². The molecule has 0 saturated heterocycles. The van der Waals surface area contributed by atoms with E-state index in [0.29, 0.717) is 29.6 Å². The van der Waals surface area contributed by atoms with Gasteiger partial charge in [0.05, 0.1) is 18.6 Å². The van der Waals surface area contributed by atoms with E-state index in [-0.39, 0.29) is 37.7 Å². The Labute approximate surface area is 226 Å². The Hall–Kier alpha value is -2.78. The number of para-hydroxylation sites is 2. The molecule has 204 valence electrons. The Kier molecular flexibility index (Phi) is 12.2. The van der Waals surface area contributed by atoms with Crippen LogP contribution in [0.2, 0.25) is 5.02 Å². The van der Waals surface area contributed by atoms with Crippen molar-refractivity contribution >= 4 is 39.1 Å². The Morgan fingerprint density at radius 2 is 1.81 bits per heavy atom. The van der Waals surface area contributed by atoms with Gasteiger partial charge < -0.3 is 15.0 Å². The molecule has 2 amide bonds. The molecule has 0 unspecified atom stereocenters. The maximum absolute atomic E-state index is 13.4. The van der Waals surface area contributed by atoms with E-state index in [4.69, 9.17) is 16.3 Å². The van der Waals surface area contributed by atoms with Gasteiger partial charge in [-0.05, 0) is 56.5 Å². The van der Waals surface area contributed by atoms with Crippen LogP contribution in [0.15, 0.2) is 48.5 Å². The molecule has 2 aromatic carbocycles. The molecular formula is C27H38ClN3O5S. The minimum absolute atomic E-state index is 0.0654. The SMILES string of the molecule is CCCCNC(=O)[C@H](C)N(Cc1cccc(Cl)c1)C(=O)CCCN(c1ccccc1OCC)S(C)(=O)=O. The van der Waals surface area contributed by atoms with Crippen molar-refractivity contribution in [2.45, 2.75) is 59.0 Å². The first-order valence-electron chi connectivity index (χ1n) is 12.6. The summed E-state index contributed by atoms with van der Waals surface area (Å²) in [5.41, 5.74) is 1.23. The van der Waals surface area contributed by atoms with Gasteiger partial charge in [0.1, 0.15) is 11.8 Å². The Morgan fingerprint density at radius 3 is 2.46 bits per heavy atom. The van der Waals surface area contributed by atoms with E-state index in [9.17, 15) is 18.0 Å². The van der Waals surface area contributed by atoms with Gasteiger partial charge in [0.25, 0.3) is 0 Å². The van der Waals surface area contributed by atoms with Crippen LogP contribution in [0, 0.1) is 0 Å². The molecular weight excluding hydrogens is 514 g/mol. The Morgan fingerprint density at radius 1 is 1.08 bits per heavy atom. The highest BCUT2D eigenvalue weighted by Crippen LogP contribution is 2.30. The summed E-state index contributed by atoms with van der Waals surface area (Å²) in [6.45, 7) is 6.81. The number of halogens is 1. The second-order valence-electron chi connectivity index (χ2n) is 8.81. The molecule has 1 N–H and O–H groups in total. The van der Waals surface area contributed by atoms with Gasteiger partial charge in [0.15, 0.2) is 0 Å². The number of carbonyl (C=O) groups is 2. The molecule has 0 heterocycles. The smallest absolute Gasteiger partial charge is 0.242 e. The number of amides is 2. The number of sulfonamides is 1. The zero-order valence-electron chi connectivity index (χ0n) is 22.1. The summed E-state index contributed by atoms with van der Waals surface area (Å²) in [6.07, 6.45) is 3.26. The van der Waals surface area contributed by atoms with Crippen molar-refractivity contribution in [2.75, 3.05) is 30.3 Å². The minimum atomic E-state index is -3.62. The highest BCUT2D eigenvalue weighted by molar-refractivity contribution is 7.92. The lowest BCUT2D eigenvalue weighted by molar-refractivity contribution is -0.140. The molecule has 0 fully saturated rings. The van der Waals surface area contributed by atoms with Gasteiger partial charge in [0, 0.05) is 31.1 Å². The topological polar surface area (TPSA) is 96.0 Å². The number of unbranched alkanes of at least 4 members (excludes halogenated alkanes) is 1. The number of anilines is 1. The monoisotopic (exact) mass is 551 g/mol. The fraction of sp³-hybridized carbons (Fsp3) is 0.481. The molecule has 10 heteroatoms. The van der Waals surface area contributed by atoms with E-state index < -0.39 is 16.1 Å². The predicted molar refractivity (Wildman–Crippen MR) is 148 cm³/mol. The van der Waals surface area contributed by atoms with Crippen molar-refractivity contribution in [1.82, 2.24) is 10.2 Å². The van der Waals surface area contributed by atoms with Crippen LogP contribution < -0.4 is 14.4 Å². The quantitative estimate of drug-likeness (QED) is 0.326. The molecule has 2 rings (SSSR count). The third-order valence-corrected chi connectivity index (χ3v) is 7.24. The second kappa shape index (κ2) is 14.8.